The van der Waals surface area contributed by atoms with E-state index in [2.05, 4.69) is 5.32 Å². The maximum atomic E-state index is 10.8. The Morgan fingerprint density at radius 3 is 2.29 bits per heavy atom. The molecule has 1 aromatic carbocycles. The summed E-state index contributed by atoms with van der Waals surface area (Å²) in [5, 5.41) is 10.6. The first-order valence-corrected chi connectivity index (χ1v) is 9.75. The predicted octanol–water partition coefficient (Wildman–Crippen LogP) is -0.104. The van der Waals surface area contributed by atoms with Crippen molar-refractivity contribution in [1.82, 2.24) is 0 Å². The first-order valence-electron chi connectivity index (χ1n) is 4.75. The van der Waals surface area contributed by atoms with E-state index in [9.17, 15) is 14.4 Å². The quantitative estimate of drug-likeness (QED) is 0.523. The van der Waals surface area contributed by atoms with Crippen LogP contribution in [0.2, 0.25) is 0 Å². The zero-order chi connectivity index (χ0) is 12.8. The van der Waals surface area contributed by atoms with Crippen molar-refractivity contribution in [2.24, 2.45) is 0 Å². The van der Waals surface area contributed by atoms with E-state index in [4.69, 9.17) is 7.75 Å². The van der Waals surface area contributed by atoms with Crippen molar-refractivity contribution >= 4 is 26.6 Å². The molecule has 0 aromatic heterocycles. The number of carboxylic acid groups (broad SMARTS) is 1. The number of nitrogens with one attached hydrogen (secondary N) is 1. The molecule has 0 aliphatic rings. The van der Waals surface area contributed by atoms with Crippen LogP contribution >= 0.6 is 0 Å². The number of rotatable bonds is 3. The number of carboxylic acids is 1. The molecule has 0 heterocycles. The average Bonchev–Trinajstić information content (AvgIpc) is 2.28. The van der Waals surface area contributed by atoms with Crippen LogP contribution < -0.4 is 8.39 Å². The van der Waals surface area contributed by atoms with Gasteiger partial charge in [0, 0.05) is 0 Å². The molecule has 17 heavy (non-hydrogen) atoms. The van der Waals surface area contributed by atoms with Gasteiger partial charge in [0.1, 0.15) is 0 Å². The molecule has 0 aliphatic heterocycles. The number of carbonyl (C=O) groups is 3. The van der Waals surface area contributed by atoms with E-state index in [-0.39, 0.29) is 5.97 Å². The molecule has 1 aromatic rings. The van der Waals surface area contributed by atoms with Gasteiger partial charge in [0.2, 0.25) is 0 Å². The summed E-state index contributed by atoms with van der Waals surface area (Å²) in [5.74, 6) is -2.90. The number of aliphatic carboxylic acids is 1. The third-order valence-corrected chi connectivity index (χ3v) is 7.12. The fourth-order valence-electron chi connectivity index (χ4n) is 1.05. The monoisotopic (exact) mass is 425 g/mol. The SMILES string of the molecule is CC(=O)[O][Hg][c]1ccc(NC(=O)C(=O)O)cc1. The van der Waals surface area contributed by atoms with Crippen molar-refractivity contribution in [3.8, 4) is 0 Å². The minimum atomic E-state index is -1.84. The van der Waals surface area contributed by atoms with Crippen molar-refractivity contribution < 1.29 is 47.2 Å². The molecule has 1 amide bonds. The summed E-state index contributed by atoms with van der Waals surface area (Å²) in [7, 11) is 0. The summed E-state index contributed by atoms with van der Waals surface area (Å²) in [6.07, 6.45) is 0. The Kier molecular flexibility index (Phi) is 5.08. The third kappa shape index (κ3) is 4.94. The number of hydrogen-bond donors (Lipinski definition) is 2. The number of benzene rings is 1. The number of hydrogen-bond acceptors (Lipinski definition) is 4. The Hall–Kier alpha value is -1.43. The number of amides is 1. The zero-order valence-corrected chi connectivity index (χ0v) is 14.6. The fraction of sp³-hybridized carbons (Fsp3) is 0.100. The van der Waals surface area contributed by atoms with Gasteiger partial charge in [0.15, 0.2) is 0 Å². The molecular weight excluding hydrogens is 415 g/mol. The average molecular weight is 424 g/mol. The Morgan fingerprint density at radius 1 is 1.24 bits per heavy atom. The second-order valence-corrected chi connectivity index (χ2v) is 8.66. The van der Waals surface area contributed by atoms with Crippen molar-refractivity contribution in [3.05, 3.63) is 24.3 Å². The molecule has 1 rings (SSSR count). The maximum absolute atomic E-state index is 10.8. The van der Waals surface area contributed by atoms with Crippen LogP contribution in [-0.2, 0) is 42.1 Å². The molecule has 6 nitrogen and oxygen atoms in total. The van der Waals surface area contributed by atoms with E-state index >= 15 is 0 Å². The van der Waals surface area contributed by atoms with Crippen LogP contribution in [-0.4, -0.2) is 23.0 Å². The molecule has 0 fully saturated rings. The molecule has 0 spiro atoms. The van der Waals surface area contributed by atoms with Crippen LogP contribution in [0.25, 0.3) is 0 Å². The Balaban J connectivity index is 2.58. The van der Waals surface area contributed by atoms with Gasteiger partial charge in [-0.3, -0.25) is 0 Å². The third-order valence-electron chi connectivity index (χ3n) is 1.85. The first-order chi connectivity index (χ1) is 7.99. The van der Waals surface area contributed by atoms with E-state index in [0.29, 0.717) is 5.69 Å². The van der Waals surface area contributed by atoms with Gasteiger partial charge < -0.3 is 0 Å². The van der Waals surface area contributed by atoms with Gasteiger partial charge in [0.05, 0.1) is 0 Å². The van der Waals surface area contributed by atoms with Crippen LogP contribution in [0.4, 0.5) is 5.69 Å². The van der Waals surface area contributed by atoms with Crippen LogP contribution in [0.5, 0.6) is 0 Å². The van der Waals surface area contributed by atoms with Gasteiger partial charge in [-0.05, 0) is 0 Å². The molecular formula is C10H9HgNO5. The van der Waals surface area contributed by atoms with E-state index in [1.165, 1.54) is 6.92 Å². The van der Waals surface area contributed by atoms with E-state index < -0.39 is 36.9 Å². The predicted molar refractivity (Wildman–Crippen MR) is 54.1 cm³/mol. The summed E-state index contributed by atoms with van der Waals surface area (Å²) in [5.41, 5.74) is 0.400. The van der Waals surface area contributed by atoms with Gasteiger partial charge in [-0.1, -0.05) is 0 Å². The molecule has 86 valence electrons. The first kappa shape index (κ1) is 13.6. The molecule has 0 saturated carbocycles. The van der Waals surface area contributed by atoms with E-state index in [1.807, 2.05) is 0 Å². The van der Waals surface area contributed by atoms with Crippen LogP contribution in [0.3, 0.4) is 0 Å². The molecule has 0 bridgehead atoms. The molecule has 0 aliphatic carbocycles. The summed E-state index contributed by atoms with van der Waals surface area (Å²) in [4.78, 5) is 31.8. The zero-order valence-electron chi connectivity index (χ0n) is 9.10. The van der Waals surface area contributed by atoms with Crippen molar-refractivity contribution in [1.29, 1.82) is 0 Å². The van der Waals surface area contributed by atoms with Crippen LogP contribution in [0, 0.1) is 0 Å². The fourth-order valence-corrected chi connectivity index (χ4v) is 4.16. The molecule has 2 N–H and O–H groups in total. The van der Waals surface area contributed by atoms with Crippen molar-refractivity contribution in [2.45, 2.75) is 6.92 Å². The molecule has 7 heteroatoms. The van der Waals surface area contributed by atoms with Crippen molar-refractivity contribution in [2.75, 3.05) is 5.32 Å². The number of carbonyl (C=O) groups excluding carboxylic acids is 2. The normalized spacial score (nSPS) is 9.00. The Bertz CT molecular complexity index is 443. The Labute approximate surface area is 110 Å². The van der Waals surface area contributed by atoms with Crippen molar-refractivity contribution in [3.63, 3.8) is 0 Å². The molecule has 0 atom stereocenters. The van der Waals surface area contributed by atoms with Gasteiger partial charge in [-0.15, -0.1) is 0 Å². The van der Waals surface area contributed by atoms with E-state index in [0.717, 1.165) is 3.07 Å². The Morgan fingerprint density at radius 2 is 1.82 bits per heavy atom. The second-order valence-electron chi connectivity index (χ2n) is 3.24. The summed E-state index contributed by atoms with van der Waals surface area (Å²) >= 11 is -1.84. The summed E-state index contributed by atoms with van der Waals surface area (Å²) in [6, 6.07) is 6.61. The molecule has 0 unspecified atom stereocenters. The minimum absolute atomic E-state index is 0.282. The molecule has 0 radical (unpaired) electrons. The van der Waals surface area contributed by atoms with Gasteiger partial charge in [-0.2, -0.15) is 0 Å². The molecule has 0 saturated heterocycles. The summed E-state index contributed by atoms with van der Waals surface area (Å²) < 4.78 is 5.96. The standard InChI is InChI=1S/C8H6NO3.C2H4O2.Hg/c10-7(8(11)12)9-6-4-2-1-3-5-6;1-2(3)4;/h2-5H,(H,9,10)(H,11,12);1H3,(H,3,4);/q;;+1/p-1. The van der Waals surface area contributed by atoms with Gasteiger partial charge >= 0.3 is 110 Å². The van der Waals surface area contributed by atoms with Crippen LogP contribution in [0.15, 0.2) is 24.3 Å². The number of anilines is 1. The van der Waals surface area contributed by atoms with Gasteiger partial charge in [-0.25, -0.2) is 0 Å². The second kappa shape index (κ2) is 6.34. The topological polar surface area (TPSA) is 92.7 Å². The van der Waals surface area contributed by atoms with Gasteiger partial charge in [0.25, 0.3) is 0 Å². The summed E-state index contributed by atoms with van der Waals surface area (Å²) in [6.45, 7) is 1.36. The van der Waals surface area contributed by atoms with E-state index in [1.54, 1.807) is 24.3 Å². The van der Waals surface area contributed by atoms with Crippen LogP contribution in [0.1, 0.15) is 6.92 Å².